The minimum absolute atomic E-state index is 0.726. The molecule has 8 nitrogen and oxygen atoms in total. The second-order valence-corrected chi connectivity index (χ2v) is 2.48. The van der Waals surface area contributed by atoms with Crippen LogP contribution in [0.5, 0.6) is 0 Å². The van der Waals surface area contributed by atoms with E-state index in [2.05, 4.69) is 0 Å². The first-order valence-electron chi connectivity index (χ1n) is 3.68. The smallest absolute Gasteiger partial charge is 0.111 e. The first-order chi connectivity index (χ1) is 6.54. The van der Waals surface area contributed by atoms with Crippen molar-refractivity contribution >= 4 is 0 Å². The van der Waals surface area contributed by atoms with Crippen LogP contribution in [0.1, 0.15) is 0 Å². The van der Waals surface area contributed by atoms with E-state index >= 15 is 0 Å². The van der Waals surface area contributed by atoms with E-state index in [1.165, 1.54) is 0 Å². The van der Waals surface area contributed by atoms with E-state index in [4.69, 9.17) is 41.2 Å². The Morgan fingerprint density at radius 2 is 0.857 bits per heavy atom. The van der Waals surface area contributed by atoms with E-state index in [1.807, 2.05) is 0 Å². The maximum Gasteiger partial charge on any atom is 0.111 e. The lowest BCUT2D eigenvalue weighted by atomic mass is 10.0. The predicted molar refractivity (Wildman–Crippen MR) is 43.5 cm³/mol. The minimum atomic E-state index is -1.67. The van der Waals surface area contributed by atoms with Crippen LogP contribution in [0.25, 0.3) is 0 Å². The molecule has 0 amide bonds. The molecule has 0 aliphatic heterocycles. The van der Waals surface area contributed by atoms with Crippen molar-refractivity contribution in [3.05, 3.63) is 0 Å². The predicted octanol–water partition coefficient (Wildman–Crippen LogP) is -3.57. The van der Waals surface area contributed by atoms with E-state index in [0.29, 0.717) is 0 Å². The highest BCUT2D eigenvalue weighted by atomic mass is 17.0. The highest BCUT2D eigenvalue weighted by Crippen LogP contribution is 2.03. The number of hydrogen-bond acceptors (Lipinski definition) is 8. The van der Waals surface area contributed by atoms with Gasteiger partial charge in [0, 0.05) is 0 Å². The van der Waals surface area contributed by atoms with Gasteiger partial charge in [0.1, 0.15) is 24.4 Å². The van der Waals surface area contributed by atoms with Crippen molar-refractivity contribution in [2.75, 3.05) is 13.2 Å². The van der Waals surface area contributed by atoms with Gasteiger partial charge in [0.2, 0.25) is 0 Å². The molecule has 0 aliphatic carbocycles. The maximum atomic E-state index is 8.96. The van der Waals surface area contributed by atoms with Gasteiger partial charge < -0.3 is 30.6 Å². The van der Waals surface area contributed by atoms with Crippen molar-refractivity contribution in [1.29, 1.82) is 0 Å². The van der Waals surface area contributed by atoms with Gasteiger partial charge in [-0.2, -0.15) is 0 Å². The molecular formula is C6H16O8. The zero-order valence-electron chi connectivity index (χ0n) is 7.30. The molecule has 8 N–H and O–H groups in total. The molecule has 88 valence electrons. The van der Waals surface area contributed by atoms with Crippen LogP contribution in [0.4, 0.5) is 0 Å². The molecule has 4 atom stereocenters. The summed E-state index contributed by atoms with van der Waals surface area (Å²) >= 11 is 0. The van der Waals surface area contributed by atoms with Gasteiger partial charge in [0.15, 0.2) is 0 Å². The van der Waals surface area contributed by atoms with Gasteiger partial charge in [0.25, 0.3) is 0 Å². The molecule has 0 saturated carbocycles. The summed E-state index contributed by atoms with van der Waals surface area (Å²) in [5.41, 5.74) is 0. The van der Waals surface area contributed by atoms with Crippen molar-refractivity contribution < 1.29 is 41.2 Å². The maximum absolute atomic E-state index is 8.96. The fourth-order valence-electron chi connectivity index (χ4n) is 0.671. The average Bonchev–Trinajstić information content (AvgIpc) is 2.27. The lowest BCUT2D eigenvalue weighted by molar-refractivity contribution is -0.176. The minimum Gasteiger partial charge on any atom is -0.394 e. The van der Waals surface area contributed by atoms with Gasteiger partial charge in [-0.05, 0) is 0 Å². The van der Waals surface area contributed by atoms with E-state index in [1.54, 1.807) is 0 Å². The van der Waals surface area contributed by atoms with Crippen LogP contribution in [0.3, 0.4) is 0 Å². The summed E-state index contributed by atoms with van der Waals surface area (Å²) in [5, 5.41) is 64.2. The zero-order chi connectivity index (χ0) is 11.7. The van der Waals surface area contributed by atoms with Gasteiger partial charge in [0.05, 0.1) is 13.2 Å². The molecule has 0 bridgehead atoms. The van der Waals surface area contributed by atoms with Crippen molar-refractivity contribution in [3.8, 4) is 0 Å². The Balaban J connectivity index is 0. The van der Waals surface area contributed by atoms with Crippen LogP contribution in [-0.4, -0.2) is 78.8 Å². The first-order valence-corrected chi connectivity index (χ1v) is 3.68. The molecule has 0 spiro atoms. The van der Waals surface area contributed by atoms with Crippen LogP contribution < -0.4 is 0 Å². The van der Waals surface area contributed by atoms with E-state index in [9.17, 15) is 0 Å². The lowest BCUT2D eigenvalue weighted by Crippen LogP contribution is -2.46. The molecule has 0 aromatic rings. The molecule has 4 unspecified atom stereocenters. The third kappa shape index (κ3) is 5.42. The van der Waals surface area contributed by atoms with Crippen molar-refractivity contribution in [2.24, 2.45) is 0 Å². The fraction of sp³-hybridized carbons (Fsp3) is 1.00. The van der Waals surface area contributed by atoms with Crippen LogP contribution >= 0.6 is 0 Å². The van der Waals surface area contributed by atoms with Gasteiger partial charge in [-0.1, -0.05) is 0 Å². The summed E-state index contributed by atoms with van der Waals surface area (Å²) in [5.74, 6) is 0. The largest absolute Gasteiger partial charge is 0.394 e. The highest BCUT2D eigenvalue weighted by molar-refractivity contribution is 4.79. The number of rotatable bonds is 5. The Labute approximate surface area is 79.9 Å². The van der Waals surface area contributed by atoms with Gasteiger partial charge in [-0.25, -0.2) is 0 Å². The second kappa shape index (κ2) is 9.24. The number of aliphatic hydroxyl groups is 6. The quantitative estimate of drug-likeness (QED) is 0.173. The number of aliphatic hydroxyl groups excluding tert-OH is 6. The van der Waals surface area contributed by atoms with E-state index in [0.717, 1.165) is 0 Å². The van der Waals surface area contributed by atoms with Crippen molar-refractivity contribution in [2.45, 2.75) is 24.4 Å². The SMILES string of the molecule is OCC(O)C(O)C(O)C(O)CO.OO. The molecule has 0 aromatic heterocycles. The zero-order valence-corrected chi connectivity index (χ0v) is 7.30. The Hall–Kier alpha value is -0.320. The molecule has 0 heterocycles. The van der Waals surface area contributed by atoms with Crippen LogP contribution in [0, 0.1) is 0 Å². The fourth-order valence-corrected chi connectivity index (χ4v) is 0.671. The second-order valence-electron chi connectivity index (χ2n) is 2.48. The molecule has 0 saturated heterocycles. The Morgan fingerprint density at radius 3 is 1.00 bits per heavy atom. The first kappa shape index (κ1) is 16.1. The topological polar surface area (TPSA) is 162 Å². The monoisotopic (exact) mass is 216 g/mol. The molecule has 0 fully saturated rings. The number of hydrogen-bond donors (Lipinski definition) is 8. The molecule has 14 heavy (non-hydrogen) atoms. The molecule has 8 heteroatoms. The molecule has 0 radical (unpaired) electrons. The summed E-state index contributed by atoms with van der Waals surface area (Å²) in [6.07, 6.45) is -6.39. The summed E-state index contributed by atoms with van der Waals surface area (Å²) in [7, 11) is 0. The molecular weight excluding hydrogens is 200 g/mol. The lowest BCUT2D eigenvalue weighted by Gasteiger charge is -2.24. The Morgan fingerprint density at radius 1 is 0.643 bits per heavy atom. The Kier molecular flexibility index (Phi) is 10.6. The Bertz CT molecular complexity index is 106. The summed E-state index contributed by atoms with van der Waals surface area (Å²) in [4.78, 5) is 0. The standard InChI is InChI=1S/C6H14O6.H2O2/c7-1-3(9)5(11)6(12)4(10)2-8;1-2/h3-12H,1-2H2;1-2H. The third-order valence-electron chi connectivity index (χ3n) is 1.51. The van der Waals surface area contributed by atoms with Crippen LogP contribution in [0.15, 0.2) is 0 Å². The molecule has 0 aromatic carbocycles. The molecule has 0 aliphatic rings. The third-order valence-corrected chi connectivity index (χ3v) is 1.51. The summed E-state index contributed by atoms with van der Waals surface area (Å²) < 4.78 is 0. The van der Waals surface area contributed by atoms with Crippen LogP contribution in [0.2, 0.25) is 0 Å². The van der Waals surface area contributed by atoms with E-state index in [-0.39, 0.29) is 0 Å². The normalized spacial score (nSPS) is 18.9. The van der Waals surface area contributed by atoms with Crippen molar-refractivity contribution in [3.63, 3.8) is 0 Å². The highest BCUT2D eigenvalue weighted by Gasteiger charge is 2.29. The summed E-state index contributed by atoms with van der Waals surface area (Å²) in [6, 6.07) is 0. The van der Waals surface area contributed by atoms with Gasteiger partial charge in [-0.15, -0.1) is 0 Å². The summed E-state index contributed by atoms with van der Waals surface area (Å²) in [6.45, 7) is -1.45. The average molecular weight is 216 g/mol. The van der Waals surface area contributed by atoms with Gasteiger partial charge >= 0.3 is 0 Å². The molecule has 0 rings (SSSR count). The van der Waals surface area contributed by atoms with Gasteiger partial charge in [-0.3, -0.25) is 10.5 Å². The van der Waals surface area contributed by atoms with E-state index < -0.39 is 37.6 Å². The van der Waals surface area contributed by atoms with Crippen LogP contribution in [-0.2, 0) is 0 Å². The van der Waals surface area contributed by atoms with Crippen molar-refractivity contribution in [1.82, 2.24) is 0 Å².